The molecule has 0 saturated heterocycles. The zero-order chi connectivity index (χ0) is 14.9. The molecule has 0 aromatic heterocycles. The van der Waals surface area contributed by atoms with E-state index in [-0.39, 0.29) is 11.8 Å². The molecule has 0 spiro atoms. The molecule has 0 bridgehead atoms. The summed E-state index contributed by atoms with van der Waals surface area (Å²) in [5, 5.41) is 3.43. The molecule has 1 aromatic rings. The van der Waals surface area contributed by atoms with Gasteiger partial charge in [0.2, 0.25) is 0 Å². The average Bonchev–Trinajstić information content (AvgIpc) is 3.20. The van der Waals surface area contributed by atoms with E-state index in [0.29, 0.717) is 10.8 Å². The number of fused-ring (bicyclic) bond motifs is 1. The fourth-order valence-corrected chi connectivity index (χ4v) is 4.92. The summed E-state index contributed by atoms with van der Waals surface area (Å²) in [6, 6.07) is 5.87. The Bertz CT molecular complexity index is 605. The quantitative estimate of drug-likeness (QED) is 0.842. The van der Waals surface area contributed by atoms with Crippen molar-refractivity contribution in [1.82, 2.24) is 5.32 Å². The number of benzene rings is 1. The highest BCUT2D eigenvalue weighted by atomic mass is 32.2. The predicted octanol–water partition coefficient (Wildman–Crippen LogP) is 2.73. The lowest BCUT2D eigenvalue weighted by atomic mass is 10.1. The van der Waals surface area contributed by atoms with Crippen LogP contribution < -0.4 is 5.32 Å². The molecule has 1 unspecified atom stereocenters. The molecule has 4 heteroatoms. The monoisotopic (exact) mass is 307 g/mol. The normalized spacial score (nSPS) is 19.5. The van der Waals surface area contributed by atoms with Crippen LogP contribution in [0.25, 0.3) is 0 Å². The molecule has 2 aliphatic carbocycles. The topological polar surface area (TPSA) is 46.2 Å². The first-order valence-electron chi connectivity index (χ1n) is 8.18. The average molecular weight is 307 g/mol. The molecular formula is C17H25NO2S. The van der Waals surface area contributed by atoms with Crippen LogP contribution in [0.5, 0.6) is 0 Å². The lowest BCUT2D eigenvalue weighted by Crippen LogP contribution is -2.38. The predicted molar refractivity (Wildman–Crippen MR) is 85.3 cm³/mol. The minimum absolute atomic E-state index is 0.128. The van der Waals surface area contributed by atoms with Crippen molar-refractivity contribution in [2.24, 2.45) is 5.92 Å². The summed E-state index contributed by atoms with van der Waals surface area (Å²) >= 11 is 0. The Hall–Kier alpha value is -0.870. The molecule has 21 heavy (non-hydrogen) atoms. The first kappa shape index (κ1) is 15.0. The first-order valence-corrected chi connectivity index (χ1v) is 9.83. The molecule has 0 amide bonds. The number of rotatable bonds is 7. The molecule has 3 nitrogen and oxygen atoms in total. The van der Waals surface area contributed by atoms with Crippen LogP contribution in [0.15, 0.2) is 23.1 Å². The smallest absolute Gasteiger partial charge is 0.179 e. The molecule has 2 aliphatic rings. The maximum atomic E-state index is 12.7. The minimum atomic E-state index is -3.18. The van der Waals surface area contributed by atoms with E-state index in [1.165, 1.54) is 24.0 Å². The second kappa shape index (κ2) is 6.09. The molecule has 1 fully saturated rings. The molecule has 0 aliphatic heterocycles. The van der Waals surface area contributed by atoms with Gasteiger partial charge in [0.05, 0.1) is 10.6 Å². The highest BCUT2D eigenvalue weighted by Gasteiger charge is 2.34. The van der Waals surface area contributed by atoms with Crippen molar-refractivity contribution >= 4 is 9.84 Å². The van der Waals surface area contributed by atoms with Gasteiger partial charge in [0.25, 0.3) is 0 Å². The molecule has 1 aromatic carbocycles. The summed E-state index contributed by atoms with van der Waals surface area (Å²) in [4.78, 5) is 0.520. The Balaban J connectivity index is 1.76. The molecule has 1 N–H and O–H groups in total. The molecule has 0 radical (unpaired) electrons. The van der Waals surface area contributed by atoms with Gasteiger partial charge in [-0.3, -0.25) is 0 Å². The molecule has 116 valence electrons. The van der Waals surface area contributed by atoms with E-state index < -0.39 is 9.84 Å². The third-order valence-corrected chi connectivity index (χ3v) is 6.45. The zero-order valence-corrected chi connectivity index (χ0v) is 13.6. The van der Waals surface area contributed by atoms with Gasteiger partial charge in [-0.05, 0) is 74.2 Å². The second-order valence-corrected chi connectivity index (χ2v) is 8.50. The van der Waals surface area contributed by atoms with Gasteiger partial charge in [0.1, 0.15) is 0 Å². The maximum Gasteiger partial charge on any atom is 0.179 e. The number of nitrogens with one attached hydrogen (secondary N) is 1. The maximum absolute atomic E-state index is 12.7. The summed E-state index contributed by atoms with van der Waals surface area (Å²) in [6.07, 6.45) is 6.66. The number of aryl methyl sites for hydroxylation is 2. The molecule has 3 rings (SSSR count). The molecule has 0 heterocycles. The Labute approximate surface area is 128 Å². The van der Waals surface area contributed by atoms with Crippen molar-refractivity contribution in [3.05, 3.63) is 29.3 Å². The van der Waals surface area contributed by atoms with Gasteiger partial charge < -0.3 is 5.32 Å². The van der Waals surface area contributed by atoms with E-state index in [4.69, 9.17) is 0 Å². The van der Waals surface area contributed by atoms with Crippen molar-refractivity contribution in [1.29, 1.82) is 0 Å². The number of hydrogen-bond donors (Lipinski definition) is 1. The highest BCUT2D eigenvalue weighted by molar-refractivity contribution is 7.91. The van der Waals surface area contributed by atoms with Crippen molar-refractivity contribution in [2.45, 2.75) is 56.4 Å². The summed E-state index contributed by atoms with van der Waals surface area (Å²) in [5.74, 6) is 0.803. The zero-order valence-electron chi connectivity index (χ0n) is 12.8. The van der Waals surface area contributed by atoms with E-state index in [9.17, 15) is 8.42 Å². The number of hydrogen-bond acceptors (Lipinski definition) is 3. The Kier molecular flexibility index (Phi) is 4.36. The minimum Gasteiger partial charge on any atom is -0.313 e. The van der Waals surface area contributed by atoms with E-state index in [0.717, 1.165) is 32.2 Å². The fourth-order valence-electron chi connectivity index (χ4n) is 3.26. The first-order chi connectivity index (χ1) is 10.1. The summed E-state index contributed by atoms with van der Waals surface area (Å²) in [7, 11) is -3.18. The largest absolute Gasteiger partial charge is 0.313 e. The van der Waals surface area contributed by atoms with Crippen LogP contribution in [0.2, 0.25) is 0 Å². The Morgan fingerprint density at radius 3 is 2.71 bits per heavy atom. The van der Waals surface area contributed by atoms with E-state index in [1.807, 2.05) is 18.2 Å². The Morgan fingerprint density at radius 1 is 1.24 bits per heavy atom. The van der Waals surface area contributed by atoms with E-state index in [1.54, 1.807) is 0 Å². The molecule has 1 saturated carbocycles. The van der Waals surface area contributed by atoms with Gasteiger partial charge >= 0.3 is 0 Å². The van der Waals surface area contributed by atoms with Crippen molar-refractivity contribution < 1.29 is 8.42 Å². The van der Waals surface area contributed by atoms with Gasteiger partial charge in [-0.2, -0.15) is 0 Å². The highest BCUT2D eigenvalue weighted by Crippen LogP contribution is 2.34. The standard InChI is InChI=1S/C17H25NO2S/c1-2-10-18-17(14-6-7-14)12-21(19,20)16-9-8-13-4-3-5-15(13)11-16/h8-9,11,14,17-18H,2-7,10,12H2,1H3. The van der Waals surface area contributed by atoms with Crippen LogP contribution in [0, 0.1) is 5.92 Å². The molecule has 1 atom stereocenters. The second-order valence-electron chi connectivity index (χ2n) is 6.46. The lowest BCUT2D eigenvalue weighted by Gasteiger charge is -2.18. The SMILES string of the molecule is CCCNC(CS(=O)(=O)c1ccc2c(c1)CCC2)C1CC1. The van der Waals surface area contributed by atoms with Gasteiger partial charge in [0.15, 0.2) is 9.84 Å². The third-order valence-electron chi connectivity index (χ3n) is 4.68. The van der Waals surface area contributed by atoms with Crippen molar-refractivity contribution in [3.8, 4) is 0 Å². The number of sulfone groups is 1. The Morgan fingerprint density at radius 2 is 2.00 bits per heavy atom. The van der Waals surface area contributed by atoms with Crippen LogP contribution in [-0.4, -0.2) is 26.8 Å². The fraction of sp³-hybridized carbons (Fsp3) is 0.647. The van der Waals surface area contributed by atoms with Crippen LogP contribution in [0.1, 0.15) is 43.7 Å². The van der Waals surface area contributed by atoms with Crippen LogP contribution in [0.3, 0.4) is 0 Å². The van der Waals surface area contributed by atoms with Gasteiger partial charge in [-0.1, -0.05) is 13.0 Å². The van der Waals surface area contributed by atoms with E-state index in [2.05, 4.69) is 12.2 Å². The van der Waals surface area contributed by atoms with Crippen LogP contribution in [0.4, 0.5) is 0 Å². The van der Waals surface area contributed by atoms with Gasteiger partial charge in [-0.25, -0.2) is 8.42 Å². The van der Waals surface area contributed by atoms with Gasteiger partial charge in [-0.15, -0.1) is 0 Å². The summed E-state index contributed by atoms with van der Waals surface area (Å²) in [5.41, 5.74) is 2.57. The van der Waals surface area contributed by atoms with Crippen molar-refractivity contribution in [3.63, 3.8) is 0 Å². The third kappa shape index (κ3) is 3.49. The van der Waals surface area contributed by atoms with Crippen LogP contribution in [-0.2, 0) is 22.7 Å². The summed E-state index contributed by atoms with van der Waals surface area (Å²) < 4.78 is 25.4. The summed E-state index contributed by atoms with van der Waals surface area (Å²) in [6.45, 7) is 3.02. The van der Waals surface area contributed by atoms with Crippen LogP contribution >= 0.6 is 0 Å². The molecular weight excluding hydrogens is 282 g/mol. The lowest BCUT2D eigenvalue weighted by molar-refractivity contribution is 0.489. The van der Waals surface area contributed by atoms with E-state index >= 15 is 0 Å². The van der Waals surface area contributed by atoms with Crippen molar-refractivity contribution in [2.75, 3.05) is 12.3 Å². The van der Waals surface area contributed by atoms with Gasteiger partial charge in [0, 0.05) is 6.04 Å².